The molecule has 0 radical (unpaired) electrons. The molecule has 0 aliphatic heterocycles. The molecule has 2 aromatic carbocycles. The number of amides is 1. The first kappa shape index (κ1) is 12.4. The number of para-hydroxylation sites is 1. The molecule has 0 spiro atoms. The van der Waals surface area contributed by atoms with Gasteiger partial charge in [-0.15, -0.1) is 0 Å². The number of aromatic hydroxyl groups is 1. The Labute approximate surface area is 108 Å². The van der Waals surface area contributed by atoms with E-state index in [1.807, 2.05) is 0 Å². The molecule has 92 valence electrons. The number of phenolic OH excluding ortho intramolecular Hbond substituents is 1. The number of rotatable bonds is 2. The molecule has 18 heavy (non-hydrogen) atoms. The molecule has 0 fully saturated rings. The highest BCUT2D eigenvalue weighted by atomic mass is 35.5. The minimum absolute atomic E-state index is 0.160. The van der Waals surface area contributed by atoms with Gasteiger partial charge in [-0.05, 0) is 24.3 Å². The van der Waals surface area contributed by atoms with Gasteiger partial charge in [-0.2, -0.15) is 0 Å². The van der Waals surface area contributed by atoms with E-state index >= 15 is 0 Å². The molecule has 0 aromatic heterocycles. The van der Waals surface area contributed by atoms with Gasteiger partial charge in [0, 0.05) is 6.07 Å². The van der Waals surface area contributed by atoms with E-state index in [9.17, 15) is 9.18 Å². The molecular weight excluding hydrogens is 257 g/mol. The maximum absolute atomic E-state index is 13.5. The molecule has 5 heteroatoms. The van der Waals surface area contributed by atoms with Crippen molar-refractivity contribution in [2.75, 3.05) is 5.32 Å². The highest BCUT2D eigenvalue weighted by Crippen LogP contribution is 2.22. The smallest absolute Gasteiger partial charge is 0.258 e. The predicted molar refractivity (Wildman–Crippen MR) is 67.5 cm³/mol. The molecule has 0 unspecified atom stereocenters. The Bertz CT molecular complexity index is 601. The van der Waals surface area contributed by atoms with Crippen molar-refractivity contribution in [3.05, 3.63) is 58.9 Å². The number of hydrogen-bond acceptors (Lipinski definition) is 2. The molecular formula is C13H9ClFNO2. The Hall–Kier alpha value is -2.07. The summed E-state index contributed by atoms with van der Waals surface area (Å²) in [5, 5.41) is 11.9. The van der Waals surface area contributed by atoms with Gasteiger partial charge >= 0.3 is 0 Å². The van der Waals surface area contributed by atoms with Crippen LogP contribution in [0.4, 0.5) is 10.1 Å². The molecule has 2 aromatic rings. The summed E-state index contributed by atoms with van der Waals surface area (Å²) < 4.78 is 13.5. The van der Waals surface area contributed by atoms with Gasteiger partial charge in [0.25, 0.3) is 5.91 Å². The van der Waals surface area contributed by atoms with Crippen LogP contribution in [0, 0.1) is 5.82 Å². The van der Waals surface area contributed by atoms with E-state index in [1.54, 1.807) is 24.3 Å². The van der Waals surface area contributed by atoms with E-state index in [0.29, 0.717) is 10.7 Å². The lowest BCUT2D eigenvalue weighted by molar-refractivity contribution is 0.102. The molecule has 0 saturated heterocycles. The third kappa shape index (κ3) is 2.60. The highest BCUT2D eigenvalue weighted by Gasteiger charge is 2.13. The van der Waals surface area contributed by atoms with Crippen LogP contribution in [-0.2, 0) is 0 Å². The van der Waals surface area contributed by atoms with E-state index in [2.05, 4.69) is 5.32 Å². The molecule has 0 heterocycles. The second-order valence-corrected chi connectivity index (χ2v) is 4.01. The molecule has 0 aliphatic rings. The predicted octanol–water partition coefficient (Wildman–Crippen LogP) is 3.44. The standard InChI is InChI=1S/C13H9ClFNO2/c14-10-3-1-2-4-12(10)16-13(18)9-6-5-8(17)7-11(9)15/h1-7,17H,(H,16,18). The van der Waals surface area contributed by atoms with Crippen LogP contribution in [0.2, 0.25) is 5.02 Å². The van der Waals surface area contributed by atoms with Crippen molar-refractivity contribution in [3.63, 3.8) is 0 Å². The van der Waals surface area contributed by atoms with Crippen molar-refractivity contribution >= 4 is 23.2 Å². The van der Waals surface area contributed by atoms with Gasteiger partial charge < -0.3 is 10.4 Å². The number of benzene rings is 2. The zero-order valence-electron chi connectivity index (χ0n) is 9.15. The third-order valence-electron chi connectivity index (χ3n) is 2.32. The minimum Gasteiger partial charge on any atom is -0.508 e. The van der Waals surface area contributed by atoms with Crippen LogP contribution >= 0.6 is 11.6 Å². The monoisotopic (exact) mass is 265 g/mol. The lowest BCUT2D eigenvalue weighted by atomic mass is 10.2. The topological polar surface area (TPSA) is 49.3 Å². The van der Waals surface area contributed by atoms with Gasteiger partial charge in [0.1, 0.15) is 11.6 Å². The third-order valence-corrected chi connectivity index (χ3v) is 2.65. The molecule has 2 N–H and O–H groups in total. The summed E-state index contributed by atoms with van der Waals surface area (Å²) in [7, 11) is 0. The number of phenols is 1. The quantitative estimate of drug-likeness (QED) is 0.874. The van der Waals surface area contributed by atoms with Gasteiger partial charge in [-0.3, -0.25) is 4.79 Å². The maximum atomic E-state index is 13.5. The number of anilines is 1. The molecule has 0 bridgehead atoms. The first-order chi connectivity index (χ1) is 8.58. The summed E-state index contributed by atoms with van der Waals surface area (Å²) in [5.74, 6) is -1.65. The summed E-state index contributed by atoms with van der Waals surface area (Å²) in [6.07, 6.45) is 0. The number of nitrogens with one attached hydrogen (secondary N) is 1. The maximum Gasteiger partial charge on any atom is 0.258 e. The van der Waals surface area contributed by atoms with Crippen LogP contribution in [0.25, 0.3) is 0 Å². The summed E-state index contributed by atoms with van der Waals surface area (Å²) in [4.78, 5) is 11.8. The zero-order valence-corrected chi connectivity index (χ0v) is 9.91. The van der Waals surface area contributed by atoms with Gasteiger partial charge in [-0.25, -0.2) is 4.39 Å². The van der Waals surface area contributed by atoms with Crippen molar-refractivity contribution in [3.8, 4) is 5.75 Å². The summed E-state index contributed by atoms with van der Waals surface area (Å²) >= 11 is 5.87. The number of carbonyl (C=O) groups is 1. The fourth-order valence-corrected chi connectivity index (χ4v) is 1.62. The van der Waals surface area contributed by atoms with Gasteiger partial charge in [-0.1, -0.05) is 23.7 Å². The molecule has 0 atom stereocenters. The number of hydrogen-bond donors (Lipinski definition) is 2. The molecule has 0 saturated carbocycles. The lowest BCUT2D eigenvalue weighted by Gasteiger charge is -2.07. The van der Waals surface area contributed by atoms with Gasteiger partial charge in [0.05, 0.1) is 16.3 Å². The fraction of sp³-hybridized carbons (Fsp3) is 0. The number of halogens is 2. The van der Waals surface area contributed by atoms with E-state index < -0.39 is 11.7 Å². The fourth-order valence-electron chi connectivity index (χ4n) is 1.44. The van der Waals surface area contributed by atoms with Crippen LogP contribution in [-0.4, -0.2) is 11.0 Å². The lowest BCUT2D eigenvalue weighted by Crippen LogP contribution is -2.13. The summed E-state index contributed by atoms with van der Waals surface area (Å²) in [6.45, 7) is 0. The van der Waals surface area contributed by atoms with Crippen molar-refractivity contribution in [1.29, 1.82) is 0 Å². The largest absolute Gasteiger partial charge is 0.508 e. The first-order valence-corrected chi connectivity index (χ1v) is 5.50. The Morgan fingerprint density at radius 2 is 1.94 bits per heavy atom. The zero-order chi connectivity index (χ0) is 13.1. The Kier molecular flexibility index (Phi) is 3.48. The summed E-state index contributed by atoms with van der Waals surface area (Å²) in [5.41, 5.74) is 0.240. The molecule has 0 aliphatic carbocycles. The van der Waals surface area contributed by atoms with Crippen LogP contribution < -0.4 is 5.32 Å². The van der Waals surface area contributed by atoms with Gasteiger partial charge in [0.2, 0.25) is 0 Å². The average molecular weight is 266 g/mol. The second kappa shape index (κ2) is 5.06. The Balaban J connectivity index is 2.25. The van der Waals surface area contributed by atoms with E-state index in [1.165, 1.54) is 12.1 Å². The van der Waals surface area contributed by atoms with Crippen LogP contribution in [0.1, 0.15) is 10.4 Å². The van der Waals surface area contributed by atoms with Crippen molar-refractivity contribution in [2.45, 2.75) is 0 Å². The molecule has 3 nitrogen and oxygen atoms in total. The van der Waals surface area contributed by atoms with Crippen LogP contribution in [0.3, 0.4) is 0 Å². The SMILES string of the molecule is O=C(Nc1ccccc1Cl)c1ccc(O)cc1F. The summed E-state index contributed by atoms with van der Waals surface area (Å²) in [6, 6.07) is 9.97. The normalized spacial score (nSPS) is 10.1. The Morgan fingerprint density at radius 3 is 2.61 bits per heavy atom. The van der Waals surface area contributed by atoms with E-state index in [0.717, 1.165) is 6.07 Å². The van der Waals surface area contributed by atoms with Crippen LogP contribution in [0.5, 0.6) is 5.75 Å². The number of carbonyl (C=O) groups excluding carboxylic acids is 1. The van der Waals surface area contributed by atoms with Crippen LogP contribution in [0.15, 0.2) is 42.5 Å². The first-order valence-electron chi connectivity index (χ1n) is 5.12. The second-order valence-electron chi connectivity index (χ2n) is 3.60. The minimum atomic E-state index is -0.792. The van der Waals surface area contributed by atoms with Gasteiger partial charge in [0.15, 0.2) is 0 Å². The van der Waals surface area contributed by atoms with Crippen molar-refractivity contribution < 1.29 is 14.3 Å². The highest BCUT2D eigenvalue weighted by molar-refractivity contribution is 6.33. The Morgan fingerprint density at radius 1 is 1.22 bits per heavy atom. The molecule has 2 rings (SSSR count). The van der Waals surface area contributed by atoms with E-state index in [-0.39, 0.29) is 11.3 Å². The average Bonchev–Trinajstić information content (AvgIpc) is 2.32. The van der Waals surface area contributed by atoms with E-state index in [4.69, 9.17) is 16.7 Å². The van der Waals surface area contributed by atoms with Crippen molar-refractivity contribution in [2.24, 2.45) is 0 Å². The van der Waals surface area contributed by atoms with Crippen molar-refractivity contribution in [1.82, 2.24) is 0 Å². The molecule has 1 amide bonds.